The first-order chi connectivity index (χ1) is 13.1. The molecule has 2 aromatic rings. The Labute approximate surface area is 157 Å². The van der Waals surface area contributed by atoms with Crippen LogP contribution in [-0.4, -0.2) is 62.7 Å². The van der Waals surface area contributed by atoms with E-state index in [0.29, 0.717) is 0 Å². The van der Waals surface area contributed by atoms with Crippen LogP contribution in [0.4, 0.5) is 13.2 Å². The smallest absolute Gasteiger partial charge is 0.368 e. The number of alkyl halides is 3. The van der Waals surface area contributed by atoms with Gasteiger partial charge in [-0.15, -0.1) is 0 Å². The Bertz CT molecular complexity index is 940. The SMILES string of the molecule is CC(=O)N1CCN(C(=O)Cn2c(C(F)(F)F)nc3ccccc32)C(C(N)=O)C1. The van der Waals surface area contributed by atoms with Crippen LogP contribution >= 0.6 is 0 Å². The lowest BCUT2D eigenvalue weighted by molar-refractivity contribution is -0.151. The predicted molar refractivity (Wildman–Crippen MR) is 91.7 cm³/mol. The van der Waals surface area contributed by atoms with Crippen LogP contribution in [0.1, 0.15) is 12.7 Å². The largest absolute Gasteiger partial charge is 0.449 e. The van der Waals surface area contributed by atoms with Gasteiger partial charge in [0.05, 0.1) is 17.6 Å². The molecule has 8 nitrogen and oxygen atoms in total. The number of rotatable bonds is 3. The van der Waals surface area contributed by atoms with Crippen molar-refractivity contribution in [2.45, 2.75) is 25.7 Å². The van der Waals surface area contributed by atoms with Crippen LogP contribution in [-0.2, 0) is 27.1 Å². The third-order valence-corrected chi connectivity index (χ3v) is 4.68. The molecule has 2 heterocycles. The molecule has 1 fully saturated rings. The molecule has 1 aromatic carbocycles. The fourth-order valence-corrected chi connectivity index (χ4v) is 3.29. The first-order valence-corrected chi connectivity index (χ1v) is 8.46. The zero-order valence-corrected chi connectivity index (χ0v) is 14.9. The van der Waals surface area contributed by atoms with Crippen LogP contribution in [0.2, 0.25) is 0 Å². The number of aromatic nitrogens is 2. The molecule has 0 spiro atoms. The van der Waals surface area contributed by atoms with Gasteiger partial charge < -0.3 is 20.1 Å². The summed E-state index contributed by atoms with van der Waals surface area (Å²) >= 11 is 0. The summed E-state index contributed by atoms with van der Waals surface area (Å²) in [4.78, 5) is 42.2. The second-order valence-electron chi connectivity index (χ2n) is 6.48. The Morgan fingerprint density at radius 3 is 2.50 bits per heavy atom. The molecule has 3 rings (SSSR count). The van der Waals surface area contributed by atoms with E-state index in [0.717, 1.165) is 9.47 Å². The molecule has 2 N–H and O–H groups in total. The van der Waals surface area contributed by atoms with Gasteiger partial charge in [0.15, 0.2) is 0 Å². The van der Waals surface area contributed by atoms with Crippen LogP contribution in [0.5, 0.6) is 0 Å². The highest BCUT2D eigenvalue weighted by atomic mass is 19.4. The molecule has 1 saturated heterocycles. The standard InChI is InChI=1S/C17H18F3N5O3/c1-10(26)23-6-7-24(13(8-23)15(21)28)14(27)9-25-12-5-3-2-4-11(12)22-16(25)17(18,19)20/h2-5,13H,6-9H2,1H3,(H2,21,28). The monoisotopic (exact) mass is 397 g/mol. The van der Waals surface area contributed by atoms with Crippen molar-refractivity contribution in [3.8, 4) is 0 Å². The van der Waals surface area contributed by atoms with Gasteiger partial charge in [-0.3, -0.25) is 14.4 Å². The van der Waals surface area contributed by atoms with Crippen molar-refractivity contribution in [3.63, 3.8) is 0 Å². The van der Waals surface area contributed by atoms with Crippen LogP contribution < -0.4 is 5.73 Å². The van der Waals surface area contributed by atoms with E-state index in [2.05, 4.69) is 4.98 Å². The highest BCUT2D eigenvalue weighted by molar-refractivity contribution is 5.89. The molecule has 28 heavy (non-hydrogen) atoms. The fourth-order valence-electron chi connectivity index (χ4n) is 3.29. The van der Waals surface area contributed by atoms with Gasteiger partial charge in [0, 0.05) is 20.0 Å². The van der Waals surface area contributed by atoms with E-state index in [1.807, 2.05) is 0 Å². The van der Waals surface area contributed by atoms with Gasteiger partial charge in [-0.05, 0) is 12.1 Å². The van der Waals surface area contributed by atoms with Crippen LogP contribution in [0, 0.1) is 0 Å². The maximum absolute atomic E-state index is 13.4. The average Bonchev–Trinajstić information content (AvgIpc) is 3.00. The maximum atomic E-state index is 13.4. The van der Waals surface area contributed by atoms with Gasteiger partial charge in [-0.2, -0.15) is 13.2 Å². The highest BCUT2D eigenvalue weighted by Crippen LogP contribution is 2.31. The molecule has 1 unspecified atom stereocenters. The first kappa shape index (κ1) is 19.6. The summed E-state index contributed by atoms with van der Waals surface area (Å²) in [6, 6.07) is 4.84. The Balaban J connectivity index is 1.92. The minimum absolute atomic E-state index is 0.000000866. The Morgan fingerprint density at radius 1 is 1.21 bits per heavy atom. The Hall–Kier alpha value is -3.11. The molecule has 0 radical (unpaired) electrons. The van der Waals surface area contributed by atoms with Crippen molar-refractivity contribution in [2.75, 3.05) is 19.6 Å². The van der Waals surface area contributed by atoms with Gasteiger partial charge in [-0.25, -0.2) is 4.98 Å². The number of nitrogens with two attached hydrogens (primary N) is 1. The second-order valence-corrected chi connectivity index (χ2v) is 6.48. The van der Waals surface area contributed by atoms with Crippen LogP contribution in [0.15, 0.2) is 24.3 Å². The number of carbonyl (C=O) groups is 3. The number of hydrogen-bond donors (Lipinski definition) is 1. The van der Waals surface area contributed by atoms with E-state index in [1.54, 1.807) is 12.1 Å². The van der Waals surface area contributed by atoms with Gasteiger partial charge in [0.1, 0.15) is 12.6 Å². The molecule has 1 aliphatic heterocycles. The molecule has 3 amide bonds. The van der Waals surface area contributed by atoms with Crippen molar-refractivity contribution in [1.82, 2.24) is 19.4 Å². The average molecular weight is 397 g/mol. The number of hydrogen-bond acceptors (Lipinski definition) is 4. The number of fused-ring (bicyclic) bond motifs is 1. The molecule has 1 aromatic heterocycles. The molecular formula is C17H18F3N5O3. The van der Waals surface area contributed by atoms with Crippen molar-refractivity contribution in [1.29, 1.82) is 0 Å². The van der Waals surface area contributed by atoms with Gasteiger partial charge in [0.25, 0.3) is 0 Å². The number of nitrogens with zero attached hydrogens (tertiary/aromatic N) is 4. The van der Waals surface area contributed by atoms with Crippen molar-refractivity contribution < 1.29 is 27.6 Å². The summed E-state index contributed by atoms with van der Waals surface area (Å²) < 4.78 is 41.0. The Kier molecular flexibility index (Phi) is 5.01. The van der Waals surface area contributed by atoms with E-state index in [9.17, 15) is 27.6 Å². The minimum Gasteiger partial charge on any atom is -0.368 e. The highest BCUT2D eigenvalue weighted by Gasteiger charge is 2.40. The first-order valence-electron chi connectivity index (χ1n) is 8.46. The van der Waals surface area contributed by atoms with E-state index in [4.69, 9.17) is 5.73 Å². The minimum atomic E-state index is -4.75. The van der Waals surface area contributed by atoms with Crippen molar-refractivity contribution >= 4 is 28.8 Å². The zero-order chi connectivity index (χ0) is 20.6. The zero-order valence-electron chi connectivity index (χ0n) is 14.9. The number of piperazine rings is 1. The lowest BCUT2D eigenvalue weighted by atomic mass is 10.1. The maximum Gasteiger partial charge on any atom is 0.449 e. The van der Waals surface area contributed by atoms with Gasteiger partial charge >= 0.3 is 6.18 Å². The molecular weight excluding hydrogens is 379 g/mol. The molecule has 150 valence electrons. The molecule has 1 aliphatic rings. The molecule has 0 bridgehead atoms. The van der Waals surface area contributed by atoms with Crippen LogP contribution in [0.3, 0.4) is 0 Å². The third kappa shape index (κ3) is 3.64. The number of carbonyl (C=O) groups excluding carboxylic acids is 3. The predicted octanol–water partition coefficient (Wildman–Crippen LogP) is 0.600. The summed E-state index contributed by atoms with van der Waals surface area (Å²) in [6.45, 7) is 0.747. The summed E-state index contributed by atoms with van der Waals surface area (Å²) in [5, 5.41) is 0. The van der Waals surface area contributed by atoms with Crippen molar-refractivity contribution in [2.24, 2.45) is 5.73 Å². The molecule has 11 heteroatoms. The lowest BCUT2D eigenvalue weighted by Gasteiger charge is -2.39. The van der Waals surface area contributed by atoms with E-state index >= 15 is 0 Å². The molecule has 1 atom stereocenters. The van der Waals surface area contributed by atoms with Crippen LogP contribution in [0.25, 0.3) is 11.0 Å². The summed E-state index contributed by atoms with van der Waals surface area (Å²) in [7, 11) is 0. The topological polar surface area (TPSA) is 102 Å². The lowest BCUT2D eigenvalue weighted by Crippen LogP contribution is -2.61. The third-order valence-electron chi connectivity index (χ3n) is 4.68. The second kappa shape index (κ2) is 7.13. The summed E-state index contributed by atoms with van der Waals surface area (Å²) in [5.74, 6) is -3.01. The van der Waals surface area contributed by atoms with Gasteiger partial charge in [0.2, 0.25) is 23.5 Å². The normalized spacial score (nSPS) is 17.8. The van der Waals surface area contributed by atoms with E-state index < -0.39 is 36.4 Å². The fraction of sp³-hybridized carbons (Fsp3) is 0.412. The van der Waals surface area contributed by atoms with Gasteiger partial charge in [-0.1, -0.05) is 12.1 Å². The molecule has 0 aliphatic carbocycles. The number of primary amides is 1. The van der Waals surface area contributed by atoms with Crippen molar-refractivity contribution in [3.05, 3.63) is 30.1 Å². The van der Waals surface area contributed by atoms with E-state index in [-0.39, 0.29) is 36.6 Å². The number of para-hydroxylation sites is 2. The summed E-state index contributed by atoms with van der Waals surface area (Å²) in [6.07, 6.45) is -4.75. The number of halogens is 3. The quantitative estimate of drug-likeness (QED) is 0.820. The number of amides is 3. The molecule has 0 saturated carbocycles. The number of imidazole rings is 1. The number of benzene rings is 1. The Morgan fingerprint density at radius 2 is 1.89 bits per heavy atom. The summed E-state index contributed by atoms with van der Waals surface area (Å²) in [5.41, 5.74) is 5.61. The van der Waals surface area contributed by atoms with E-state index in [1.165, 1.54) is 24.0 Å².